The monoisotopic (exact) mass is 244 g/mol. The Morgan fingerprint density at radius 2 is 2.00 bits per heavy atom. The summed E-state index contributed by atoms with van der Waals surface area (Å²) in [6, 6.07) is 0.158. The van der Waals surface area contributed by atoms with E-state index in [0.717, 1.165) is 25.7 Å². The van der Waals surface area contributed by atoms with E-state index in [1.165, 1.54) is 0 Å². The van der Waals surface area contributed by atoms with Gasteiger partial charge in [0.05, 0.1) is 6.61 Å². The summed E-state index contributed by atoms with van der Waals surface area (Å²) in [5.41, 5.74) is 5.47. The number of carbonyl (C=O) groups excluding carboxylic acids is 1. The summed E-state index contributed by atoms with van der Waals surface area (Å²) in [5, 5.41) is 12.3. The Hall–Kier alpha value is -0.610. The number of nitrogens with one attached hydrogen (secondary N) is 1. The number of hydrogen-bond acceptors (Lipinski definition) is 3. The van der Waals surface area contributed by atoms with Crippen molar-refractivity contribution in [2.24, 2.45) is 11.1 Å². The summed E-state index contributed by atoms with van der Waals surface area (Å²) >= 11 is 0. The minimum Gasteiger partial charge on any atom is -0.396 e. The van der Waals surface area contributed by atoms with Gasteiger partial charge in [0.1, 0.15) is 0 Å². The molecule has 1 amide bonds. The highest BCUT2D eigenvalue weighted by Gasteiger charge is 2.25. The van der Waals surface area contributed by atoms with Crippen molar-refractivity contribution in [1.29, 1.82) is 0 Å². The normalized spacial score (nSPS) is 13.5. The molecule has 4 N–H and O–H groups in total. The Labute approximate surface area is 105 Å². The Bertz CT molecular complexity index is 205. The molecule has 0 spiro atoms. The van der Waals surface area contributed by atoms with E-state index in [0.29, 0.717) is 13.0 Å². The molecule has 102 valence electrons. The van der Waals surface area contributed by atoms with Gasteiger partial charge < -0.3 is 16.2 Å². The van der Waals surface area contributed by atoms with Crippen molar-refractivity contribution in [1.82, 2.24) is 5.32 Å². The van der Waals surface area contributed by atoms with Crippen molar-refractivity contribution in [3.8, 4) is 0 Å². The Morgan fingerprint density at radius 3 is 2.41 bits per heavy atom. The number of aliphatic hydroxyl groups is 1. The first-order valence-corrected chi connectivity index (χ1v) is 6.62. The SMILES string of the molecule is CCC(CC)(CO)CNC(=O)CCCC(C)N. The Kier molecular flexibility index (Phi) is 8.17. The molecule has 0 aromatic carbocycles. The van der Waals surface area contributed by atoms with Gasteiger partial charge in [-0.25, -0.2) is 0 Å². The molecule has 4 nitrogen and oxygen atoms in total. The van der Waals surface area contributed by atoms with Crippen molar-refractivity contribution in [3.05, 3.63) is 0 Å². The quantitative estimate of drug-likeness (QED) is 0.574. The summed E-state index contributed by atoms with van der Waals surface area (Å²) in [6.45, 7) is 6.72. The molecule has 0 aliphatic carbocycles. The van der Waals surface area contributed by atoms with Crippen LogP contribution in [-0.4, -0.2) is 30.2 Å². The molecule has 0 aromatic rings. The molecule has 0 aliphatic heterocycles. The lowest BCUT2D eigenvalue weighted by atomic mass is 9.83. The van der Waals surface area contributed by atoms with Gasteiger partial charge in [-0.15, -0.1) is 0 Å². The van der Waals surface area contributed by atoms with Gasteiger partial charge in [-0.1, -0.05) is 13.8 Å². The standard InChI is InChI=1S/C13H28N2O2/c1-4-13(5-2,10-16)9-15-12(17)8-6-7-11(3)14/h11,16H,4-10,14H2,1-3H3,(H,15,17). The molecule has 0 heterocycles. The third kappa shape index (κ3) is 6.64. The highest BCUT2D eigenvalue weighted by atomic mass is 16.3. The van der Waals surface area contributed by atoms with E-state index in [9.17, 15) is 9.90 Å². The van der Waals surface area contributed by atoms with E-state index in [-0.39, 0.29) is 24.0 Å². The minimum atomic E-state index is -0.156. The first kappa shape index (κ1) is 16.4. The number of carbonyl (C=O) groups is 1. The van der Waals surface area contributed by atoms with E-state index in [2.05, 4.69) is 5.32 Å². The van der Waals surface area contributed by atoms with Crippen LogP contribution in [0, 0.1) is 5.41 Å². The number of aliphatic hydroxyl groups excluding tert-OH is 1. The number of amides is 1. The van der Waals surface area contributed by atoms with E-state index in [4.69, 9.17) is 5.73 Å². The molecule has 1 atom stereocenters. The second-order valence-corrected chi connectivity index (χ2v) is 5.01. The molecule has 0 saturated carbocycles. The van der Waals surface area contributed by atoms with Crippen LogP contribution in [-0.2, 0) is 4.79 Å². The second-order valence-electron chi connectivity index (χ2n) is 5.01. The van der Waals surface area contributed by atoms with Crippen molar-refractivity contribution < 1.29 is 9.90 Å². The number of hydrogen-bond donors (Lipinski definition) is 3. The van der Waals surface area contributed by atoms with Crippen molar-refractivity contribution in [2.75, 3.05) is 13.2 Å². The van der Waals surface area contributed by atoms with Crippen LogP contribution in [0.25, 0.3) is 0 Å². The topological polar surface area (TPSA) is 75.3 Å². The lowest BCUT2D eigenvalue weighted by Crippen LogP contribution is -2.39. The fraction of sp³-hybridized carbons (Fsp3) is 0.923. The summed E-state index contributed by atoms with van der Waals surface area (Å²) in [4.78, 5) is 11.6. The van der Waals surface area contributed by atoms with Gasteiger partial charge in [0.2, 0.25) is 5.91 Å². The van der Waals surface area contributed by atoms with Crippen LogP contribution in [0.4, 0.5) is 0 Å². The summed E-state index contributed by atoms with van der Waals surface area (Å²) in [6.07, 6.45) is 3.98. The van der Waals surface area contributed by atoms with E-state index in [1.54, 1.807) is 0 Å². The Balaban J connectivity index is 3.89. The van der Waals surface area contributed by atoms with Crippen LogP contribution < -0.4 is 11.1 Å². The Morgan fingerprint density at radius 1 is 1.41 bits per heavy atom. The highest BCUT2D eigenvalue weighted by Crippen LogP contribution is 2.24. The van der Waals surface area contributed by atoms with Gasteiger partial charge >= 0.3 is 0 Å². The zero-order valence-corrected chi connectivity index (χ0v) is 11.5. The molecule has 0 fully saturated rings. The smallest absolute Gasteiger partial charge is 0.220 e. The summed E-state index contributed by atoms with van der Waals surface area (Å²) < 4.78 is 0. The molecule has 0 aliphatic rings. The molecule has 0 bridgehead atoms. The molecule has 0 radical (unpaired) electrons. The first-order chi connectivity index (χ1) is 7.99. The maximum absolute atomic E-state index is 11.6. The number of nitrogens with two attached hydrogens (primary N) is 1. The maximum Gasteiger partial charge on any atom is 0.220 e. The van der Waals surface area contributed by atoms with Crippen LogP contribution in [0.2, 0.25) is 0 Å². The van der Waals surface area contributed by atoms with Crippen LogP contribution in [0.3, 0.4) is 0 Å². The van der Waals surface area contributed by atoms with Gasteiger partial charge in [-0.3, -0.25) is 4.79 Å². The van der Waals surface area contributed by atoms with Crippen LogP contribution in [0.1, 0.15) is 52.9 Å². The third-order valence-corrected chi connectivity index (χ3v) is 3.56. The largest absolute Gasteiger partial charge is 0.396 e. The van der Waals surface area contributed by atoms with E-state index < -0.39 is 0 Å². The van der Waals surface area contributed by atoms with Crippen molar-refractivity contribution in [2.45, 2.75) is 58.9 Å². The van der Waals surface area contributed by atoms with Crippen LogP contribution in [0.15, 0.2) is 0 Å². The molecular weight excluding hydrogens is 216 g/mol. The molecule has 1 unspecified atom stereocenters. The highest BCUT2D eigenvalue weighted by molar-refractivity contribution is 5.75. The van der Waals surface area contributed by atoms with Gasteiger partial charge in [0, 0.05) is 24.4 Å². The van der Waals surface area contributed by atoms with E-state index >= 15 is 0 Å². The first-order valence-electron chi connectivity index (χ1n) is 6.62. The maximum atomic E-state index is 11.6. The van der Waals surface area contributed by atoms with Crippen LogP contribution >= 0.6 is 0 Å². The van der Waals surface area contributed by atoms with Gasteiger partial charge in [0.25, 0.3) is 0 Å². The van der Waals surface area contributed by atoms with Gasteiger partial charge in [0.15, 0.2) is 0 Å². The molecule has 17 heavy (non-hydrogen) atoms. The zero-order chi connectivity index (χ0) is 13.3. The predicted octanol–water partition coefficient (Wildman–Crippen LogP) is 1.42. The fourth-order valence-electron chi connectivity index (χ4n) is 1.74. The summed E-state index contributed by atoms with van der Waals surface area (Å²) in [7, 11) is 0. The zero-order valence-electron chi connectivity index (χ0n) is 11.5. The molecule has 0 aromatic heterocycles. The number of rotatable bonds is 9. The van der Waals surface area contributed by atoms with Gasteiger partial charge in [-0.05, 0) is 32.6 Å². The lowest BCUT2D eigenvalue weighted by molar-refractivity contribution is -0.121. The minimum absolute atomic E-state index is 0.0605. The van der Waals surface area contributed by atoms with Crippen LogP contribution in [0.5, 0.6) is 0 Å². The predicted molar refractivity (Wildman–Crippen MR) is 70.6 cm³/mol. The third-order valence-electron chi connectivity index (χ3n) is 3.56. The molecule has 4 heteroatoms. The van der Waals surface area contributed by atoms with Gasteiger partial charge in [-0.2, -0.15) is 0 Å². The molecular formula is C13H28N2O2. The van der Waals surface area contributed by atoms with Crippen molar-refractivity contribution in [3.63, 3.8) is 0 Å². The average Bonchev–Trinajstić information content (AvgIpc) is 2.31. The van der Waals surface area contributed by atoms with Crippen molar-refractivity contribution >= 4 is 5.91 Å². The average molecular weight is 244 g/mol. The van der Waals surface area contributed by atoms with E-state index in [1.807, 2.05) is 20.8 Å². The second kappa shape index (κ2) is 8.48. The molecule has 0 saturated heterocycles. The molecule has 0 rings (SSSR count). The summed E-state index contributed by atoms with van der Waals surface area (Å²) in [5.74, 6) is 0.0605. The lowest BCUT2D eigenvalue weighted by Gasteiger charge is -2.29. The fourth-order valence-corrected chi connectivity index (χ4v) is 1.74.